The van der Waals surface area contributed by atoms with Gasteiger partial charge in [0.25, 0.3) is 5.91 Å². The zero-order chi connectivity index (χ0) is 18.8. The number of nitrogens with one attached hydrogen (secondary N) is 1. The molecule has 6 nitrogen and oxygen atoms in total. The number of aryl methyl sites for hydroxylation is 1. The van der Waals surface area contributed by atoms with Crippen LogP contribution in [0.2, 0.25) is 0 Å². The lowest BCUT2D eigenvalue weighted by Gasteiger charge is -2.38. The highest BCUT2D eigenvalue weighted by Crippen LogP contribution is 2.27. The van der Waals surface area contributed by atoms with Crippen LogP contribution in [0.4, 0.5) is 5.82 Å². The number of fused-ring (bicyclic) bond motifs is 1. The topological polar surface area (TPSA) is 61.4 Å². The molecule has 1 saturated heterocycles. The van der Waals surface area contributed by atoms with E-state index >= 15 is 0 Å². The van der Waals surface area contributed by atoms with E-state index in [-0.39, 0.29) is 5.91 Å². The zero-order valence-corrected chi connectivity index (χ0v) is 16.1. The van der Waals surface area contributed by atoms with E-state index in [1.54, 1.807) is 0 Å². The number of carbonyl (C=O) groups is 1. The standard InChI is InChI=1S/C21H27N5O/c1-15-23-19-18(8-11-22-21(19)27)20(24-15)26-12-9-17(10-13-26)25(2)14-16-6-4-3-5-7-16/h3-7,17H,8-14H2,1-2H3,(H,22,27). The molecule has 0 bridgehead atoms. The quantitative estimate of drug-likeness (QED) is 0.900. The Labute approximate surface area is 160 Å². The van der Waals surface area contributed by atoms with Crippen LogP contribution in [0, 0.1) is 6.92 Å². The van der Waals surface area contributed by atoms with Gasteiger partial charge in [-0.05, 0) is 38.8 Å². The number of carbonyl (C=O) groups excluding carboxylic acids is 1. The second kappa shape index (κ2) is 7.64. The van der Waals surface area contributed by atoms with E-state index < -0.39 is 0 Å². The molecule has 1 amide bonds. The number of aromatic nitrogens is 2. The molecule has 142 valence electrons. The lowest BCUT2D eigenvalue weighted by molar-refractivity contribution is 0.0940. The largest absolute Gasteiger partial charge is 0.356 e. The van der Waals surface area contributed by atoms with Crippen molar-refractivity contribution in [2.24, 2.45) is 0 Å². The summed E-state index contributed by atoms with van der Waals surface area (Å²) in [5.74, 6) is 1.57. The van der Waals surface area contributed by atoms with Crippen LogP contribution >= 0.6 is 0 Å². The van der Waals surface area contributed by atoms with Crippen LogP contribution in [-0.4, -0.2) is 53.5 Å². The summed E-state index contributed by atoms with van der Waals surface area (Å²) in [4.78, 5) is 26.1. The maximum atomic E-state index is 12.2. The Morgan fingerprint density at radius 3 is 2.67 bits per heavy atom. The van der Waals surface area contributed by atoms with Crippen LogP contribution in [0.1, 0.15) is 40.3 Å². The maximum Gasteiger partial charge on any atom is 0.270 e. The van der Waals surface area contributed by atoms with Crippen LogP contribution < -0.4 is 10.2 Å². The first kappa shape index (κ1) is 17.9. The highest BCUT2D eigenvalue weighted by atomic mass is 16.1. The van der Waals surface area contributed by atoms with Crippen molar-refractivity contribution in [1.29, 1.82) is 0 Å². The molecule has 1 fully saturated rings. The van der Waals surface area contributed by atoms with Gasteiger partial charge in [0.15, 0.2) is 0 Å². The van der Waals surface area contributed by atoms with Crippen LogP contribution in [-0.2, 0) is 13.0 Å². The van der Waals surface area contributed by atoms with Crippen molar-refractivity contribution < 1.29 is 4.79 Å². The van der Waals surface area contributed by atoms with E-state index in [2.05, 4.69) is 57.5 Å². The van der Waals surface area contributed by atoms with Gasteiger partial charge in [0.05, 0.1) is 0 Å². The second-order valence-electron chi connectivity index (χ2n) is 7.55. The number of amides is 1. The molecule has 0 aliphatic carbocycles. The number of hydrogen-bond donors (Lipinski definition) is 1. The van der Waals surface area contributed by atoms with Crippen LogP contribution in [0.3, 0.4) is 0 Å². The van der Waals surface area contributed by atoms with Crippen molar-refractivity contribution in [3.05, 3.63) is 53.0 Å². The van der Waals surface area contributed by atoms with E-state index in [0.29, 0.717) is 24.1 Å². The van der Waals surface area contributed by atoms with E-state index in [1.165, 1.54) is 5.56 Å². The molecule has 3 heterocycles. The molecule has 2 aliphatic heterocycles. The summed E-state index contributed by atoms with van der Waals surface area (Å²) < 4.78 is 0. The minimum atomic E-state index is -0.0690. The van der Waals surface area contributed by atoms with Gasteiger partial charge in [0, 0.05) is 37.8 Å². The van der Waals surface area contributed by atoms with Crippen molar-refractivity contribution in [3.63, 3.8) is 0 Å². The number of benzene rings is 1. The molecule has 0 atom stereocenters. The van der Waals surface area contributed by atoms with Gasteiger partial charge in [-0.15, -0.1) is 0 Å². The fourth-order valence-electron chi connectivity index (χ4n) is 4.16. The molecule has 2 aromatic rings. The molecule has 0 saturated carbocycles. The Bertz CT molecular complexity index is 815. The van der Waals surface area contributed by atoms with Gasteiger partial charge in [-0.3, -0.25) is 9.69 Å². The van der Waals surface area contributed by atoms with Gasteiger partial charge in [-0.2, -0.15) is 0 Å². The molecule has 0 radical (unpaired) electrons. The first-order valence-electron chi connectivity index (χ1n) is 9.76. The van der Waals surface area contributed by atoms with Crippen LogP contribution in [0.5, 0.6) is 0 Å². The Kier molecular flexibility index (Phi) is 5.07. The highest BCUT2D eigenvalue weighted by Gasteiger charge is 2.29. The first-order chi connectivity index (χ1) is 13.1. The fraction of sp³-hybridized carbons (Fsp3) is 0.476. The Morgan fingerprint density at radius 1 is 1.19 bits per heavy atom. The van der Waals surface area contributed by atoms with E-state index in [9.17, 15) is 4.79 Å². The van der Waals surface area contributed by atoms with Crippen molar-refractivity contribution in [2.75, 3.05) is 31.6 Å². The predicted molar refractivity (Wildman–Crippen MR) is 106 cm³/mol. The molecule has 2 aliphatic rings. The normalized spacial score (nSPS) is 17.7. The van der Waals surface area contributed by atoms with Crippen LogP contribution in [0.15, 0.2) is 30.3 Å². The number of piperidine rings is 1. The smallest absolute Gasteiger partial charge is 0.270 e. The Hall–Kier alpha value is -2.47. The lowest BCUT2D eigenvalue weighted by Crippen LogP contribution is -2.44. The summed E-state index contributed by atoms with van der Waals surface area (Å²) in [5.41, 5.74) is 2.93. The molecule has 0 spiro atoms. The molecule has 1 N–H and O–H groups in total. The monoisotopic (exact) mass is 365 g/mol. The SMILES string of the molecule is Cc1nc2c(c(N3CCC(N(C)Cc4ccccc4)CC3)n1)CCNC2=O. The minimum Gasteiger partial charge on any atom is -0.356 e. The summed E-state index contributed by atoms with van der Waals surface area (Å²) >= 11 is 0. The summed E-state index contributed by atoms with van der Waals surface area (Å²) in [6, 6.07) is 11.2. The second-order valence-corrected chi connectivity index (χ2v) is 7.55. The average Bonchev–Trinajstić information content (AvgIpc) is 2.69. The van der Waals surface area contributed by atoms with Crippen molar-refractivity contribution in [2.45, 2.75) is 38.8 Å². The molecule has 4 rings (SSSR count). The number of rotatable bonds is 4. The van der Waals surface area contributed by atoms with Gasteiger partial charge >= 0.3 is 0 Å². The summed E-state index contributed by atoms with van der Waals surface area (Å²) in [5, 5.41) is 2.89. The van der Waals surface area contributed by atoms with Crippen molar-refractivity contribution in [3.8, 4) is 0 Å². The van der Waals surface area contributed by atoms with E-state index in [4.69, 9.17) is 4.98 Å². The summed E-state index contributed by atoms with van der Waals surface area (Å²) in [6.07, 6.45) is 3.02. The molecular formula is C21H27N5O. The Morgan fingerprint density at radius 2 is 1.93 bits per heavy atom. The van der Waals surface area contributed by atoms with Gasteiger partial charge in [-0.1, -0.05) is 30.3 Å². The van der Waals surface area contributed by atoms with Gasteiger partial charge in [-0.25, -0.2) is 9.97 Å². The molecule has 6 heteroatoms. The highest BCUT2D eigenvalue weighted by molar-refractivity contribution is 5.96. The number of anilines is 1. The van der Waals surface area contributed by atoms with E-state index in [0.717, 1.165) is 50.3 Å². The maximum absolute atomic E-state index is 12.2. The number of nitrogens with zero attached hydrogens (tertiary/aromatic N) is 4. The Balaban J connectivity index is 1.45. The molecular weight excluding hydrogens is 338 g/mol. The fourth-order valence-corrected chi connectivity index (χ4v) is 4.16. The van der Waals surface area contributed by atoms with E-state index in [1.807, 2.05) is 6.92 Å². The molecule has 1 aromatic carbocycles. The van der Waals surface area contributed by atoms with Gasteiger partial charge in [0.1, 0.15) is 17.3 Å². The zero-order valence-electron chi connectivity index (χ0n) is 16.1. The summed E-state index contributed by atoms with van der Waals surface area (Å²) in [7, 11) is 2.22. The van der Waals surface area contributed by atoms with Crippen molar-refractivity contribution >= 4 is 11.7 Å². The average molecular weight is 365 g/mol. The van der Waals surface area contributed by atoms with Gasteiger partial charge < -0.3 is 10.2 Å². The molecule has 27 heavy (non-hydrogen) atoms. The predicted octanol–water partition coefficient (Wildman–Crippen LogP) is 2.17. The molecule has 1 aromatic heterocycles. The van der Waals surface area contributed by atoms with Crippen molar-refractivity contribution in [1.82, 2.24) is 20.2 Å². The third-order valence-electron chi connectivity index (χ3n) is 5.63. The third-order valence-corrected chi connectivity index (χ3v) is 5.63. The molecule has 0 unspecified atom stereocenters. The number of hydrogen-bond acceptors (Lipinski definition) is 5. The first-order valence-corrected chi connectivity index (χ1v) is 9.76. The van der Waals surface area contributed by atoms with Crippen LogP contribution in [0.25, 0.3) is 0 Å². The van der Waals surface area contributed by atoms with Gasteiger partial charge in [0.2, 0.25) is 0 Å². The summed E-state index contributed by atoms with van der Waals surface area (Å²) in [6.45, 7) is 5.45. The lowest BCUT2D eigenvalue weighted by atomic mass is 10.0. The third kappa shape index (κ3) is 3.81. The minimum absolute atomic E-state index is 0.0690.